The Bertz CT molecular complexity index is 524. The van der Waals surface area contributed by atoms with Crippen LogP contribution in [0, 0.1) is 5.41 Å². The Labute approximate surface area is 138 Å². The van der Waals surface area contributed by atoms with Crippen molar-refractivity contribution in [1.82, 2.24) is 4.90 Å². The molecule has 2 N–H and O–H groups in total. The van der Waals surface area contributed by atoms with Crippen LogP contribution in [-0.2, 0) is 4.79 Å². The zero-order valence-electron chi connectivity index (χ0n) is 14.6. The topological polar surface area (TPSA) is 72.6 Å². The quantitative estimate of drug-likeness (QED) is 0.710. The first-order chi connectivity index (χ1) is 10.8. The number of hydrogen-bond acceptors (Lipinski definition) is 4. The minimum atomic E-state index is -0.122. The van der Waals surface area contributed by atoms with Gasteiger partial charge in [-0.15, -0.1) is 0 Å². The van der Waals surface area contributed by atoms with Gasteiger partial charge in [-0.3, -0.25) is 9.59 Å². The van der Waals surface area contributed by atoms with E-state index in [2.05, 4.69) is 0 Å². The Morgan fingerprint density at radius 3 is 2.30 bits per heavy atom. The Balaban J connectivity index is 2.50. The largest absolute Gasteiger partial charge is 0.494 e. The van der Waals surface area contributed by atoms with Crippen LogP contribution in [0.3, 0.4) is 0 Å². The molecular weight excluding hydrogens is 292 g/mol. The summed E-state index contributed by atoms with van der Waals surface area (Å²) in [6.45, 7) is 7.62. The molecule has 0 radical (unpaired) electrons. The number of ketones is 1. The fourth-order valence-electron chi connectivity index (χ4n) is 2.25. The molecule has 0 aliphatic carbocycles. The number of carbonyl (C=O) groups is 2. The third-order valence-corrected chi connectivity index (χ3v) is 3.70. The summed E-state index contributed by atoms with van der Waals surface area (Å²) in [4.78, 5) is 25.9. The molecule has 1 aromatic carbocycles. The third-order valence-electron chi connectivity index (χ3n) is 3.70. The van der Waals surface area contributed by atoms with Gasteiger partial charge in [0.25, 0.3) is 0 Å². The summed E-state index contributed by atoms with van der Waals surface area (Å²) in [5.41, 5.74) is 6.17. The summed E-state index contributed by atoms with van der Waals surface area (Å²) in [6, 6.07) is 7.01. The maximum atomic E-state index is 12.2. The summed E-state index contributed by atoms with van der Waals surface area (Å²) >= 11 is 0. The number of ether oxygens (including phenoxy) is 1. The smallest absolute Gasteiger partial charge is 0.222 e. The van der Waals surface area contributed by atoms with Gasteiger partial charge in [-0.1, -0.05) is 13.8 Å². The standard InChI is InChI=1S/C18H28N2O3/c1-5-23-15-8-6-14(7-9-15)16(21)10-11-17(22)20(4)13-18(2,3)12-19/h6-9H,5,10-13,19H2,1-4H3. The highest BCUT2D eigenvalue weighted by molar-refractivity contribution is 5.98. The summed E-state index contributed by atoms with van der Waals surface area (Å²) in [5, 5.41) is 0. The molecule has 0 fully saturated rings. The monoisotopic (exact) mass is 320 g/mol. The van der Waals surface area contributed by atoms with Crippen LogP contribution < -0.4 is 10.5 Å². The third kappa shape index (κ3) is 6.40. The van der Waals surface area contributed by atoms with Crippen molar-refractivity contribution in [3.8, 4) is 5.75 Å². The van der Waals surface area contributed by atoms with Crippen LogP contribution in [0.25, 0.3) is 0 Å². The van der Waals surface area contributed by atoms with Gasteiger partial charge in [0.1, 0.15) is 5.75 Å². The van der Waals surface area contributed by atoms with Gasteiger partial charge in [0.2, 0.25) is 5.91 Å². The molecule has 0 saturated carbocycles. The summed E-state index contributed by atoms with van der Waals surface area (Å²) in [5.74, 6) is 0.669. The van der Waals surface area contributed by atoms with Crippen molar-refractivity contribution in [2.75, 3.05) is 26.7 Å². The molecule has 1 amide bonds. The normalized spacial score (nSPS) is 11.2. The van der Waals surface area contributed by atoms with Crippen molar-refractivity contribution in [3.63, 3.8) is 0 Å². The minimum absolute atomic E-state index is 0.0344. The zero-order chi connectivity index (χ0) is 17.5. The number of carbonyl (C=O) groups excluding carboxylic acids is 2. The van der Waals surface area contributed by atoms with Gasteiger partial charge in [-0.25, -0.2) is 0 Å². The van der Waals surface area contributed by atoms with Crippen LogP contribution in [0.2, 0.25) is 0 Å². The number of amides is 1. The van der Waals surface area contributed by atoms with E-state index >= 15 is 0 Å². The average molecular weight is 320 g/mol. The summed E-state index contributed by atoms with van der Waals surface area (Å²) < 4.78 is 5.34. The molecule has 0 spiro atoms. The molecule has 0 heterocycles. The van der Waals surface area contributed by atoms with Crippen molar-refractivity contribution < 1.29 is 14.3 Å². The molecule has 5 heteroatoms. The second kappa shape index (κ2) is 8.67. The molecular formula is C18H28N2O3. The van der Waals surface area contributed by atoms with Crippen molar-refractivity contribution >= 4 is 11.7 Å². The minimum Gasteiger partial charge on any atom is -0.494 e. The number of hydrogen-bond donors (Lipinski definition) is 1. The molecule has 0 aliphatic rings. The number of Topliss-reactive ketones (excluding diaryl/α,β-unsaturated/α-hetero) is 1. The van der Waals surface area contributed by atoms with Crippen LogP contribution in [0.5, 0.6) is 5.75 Å². The SMILES string of the molecule is CCOc1ccc(C(=O)CCC(=O)N(C)CC(C)(C)CN)cc1. The van der Waals surface area contributed by atoms with E-state index in [1.165, 1.54) is 0 Å². The van der Waals surface area contributed by atoms with Crippen LogP contribution in [-0.4, -0.2) is 43.3 Å². The number of nitrogens with zero attached hydrogens (tertiary/aromatic N) is 1. The van der Waals surface area contributed by atoms with Gasteiger partial charge in [-0.05, 0) is 43.1 Å². The predicted molar refractivity (Wildman–Crippen MR) is 91.6 cm³/mol. The van der Waals surface area contributed by atoms with Gasteiger partial charge >= 0.3 is 0 Å². The van der Waals surface area contributed by atoms with Crippen molar-refractivity contribution in [2.24, 2.45) is 11.1 Å². The fourth-order valence-corrected chi connectivity index (χ4v) is 2.25. The van der Waals surface area contributed by atoms with E-state index in [-0.39, 0.29) is 29.9 Å². The molecule has 5 nitrogen and oxygen atoms in total. The van der Waals surface area contributed by atoms with E-state index < -0.39 is 0 Å². The van der Waals surface area contributed by atoms with Crippen LogP contribution in [0.1, 0.15) is 44.0 Å². The molecule has 0 unspecified atom stereocenters. The molecule has 0 bridgehead atoms. The maximum absolute atomic E-state index is 12.2. The second-order valence-corrected chi connectivity index (χ2v) is 6.50. The van der Waals surface area contributed by atoms with E-state index in [0.717, 1.165) is 5.75 Å². The average Bonchev–Trinajstić information content (AvgIpc) is 2.52. The summed E-state index contributed by atoms with van der Waals surface area (Å²) in [6.07, 6.45) is 0.420. The van der Waals surface area contributed by atoms with E-state index in [9.17, 15) is 9.59 Å². The van der Waals surface area contributed by atoms with Crippen molar-refractivity contribution in [3.05, 3.63) is 29.8 Å². The van der Waals surface area contributed by atoms with Crippen LogP contribution in [0.15, 0.2) is 24.3 Å². The zero-order valence-corrected chi connectivity index (χ0v) is 14.6. The van der Waals surface area contributed by atoms with Crippen molar-refractivity contribution in [2.45, 2.75) is 33.6 Å². The lowest BCUT2D eigenvalue weighted by molar-refractivity contribution is -0.131. The predicted octanol–water partition coefficient (Wildman–Crippen LogP) is 2.49. The lowest BCUT2D eigenvalue weighted by Gasteiger charge is -2.29. The van der Waals surface area contributed by atoms with Crippen LogP contribution >= 0.6 is 0 Å². The number of nitrogens with two attached hydrogens (primary N) is 1. The van der Waals surface area contributed by atoms with E-state index in [1.807, 2.05) is 20.8 Å². The van der Waals surface area contributed by atoms with Crippen LogP contribution in [0.4, 0.5) is 0 Å². The van der Waals surface area contributed by atoms with Gasteiger partial charge < -0.3 is 15.4 Å². The highest BCUT2D eigenvalue weighted by Gasteiger charge is 2.21. The molecule has 128 valence electrons. The molecule has 0 saturated heterocycles. The summed E-state index contributed by atoms with van der Waals surface area (Å²) in [7, 11) is 1.75. The Hall–Kier alpha value is -1.88. The highest BCUT2D eigenvalue weighted by atomic mass is 16.5. The first-order valence-electron chi connectivity index (χ1n) is 7.99. The number of benzene rings is 1. The molecule has 1 rings (SSSR count). The second-order valence-electron chi connectivity index (χ2n) is 6.50. The fraction of sp³-hybridized carbons (Fsp3) is 0.556. The lowest BCUT2D eigenvalue weighted by Crippen LogP contribution is -2.39. The first-order valence-corrected chi connectivity index (χ1v) is 7.99. The van der Waals surface area contributed by atoms with Crippen molar-refractivity contribution in [1.29, 1.82) is 0 Å². The maximum Gasteiger partial charge on any atom is 0.222 e. The molecule has 0 aliphatic heterocycles. The van der Waals surface area contributed by atoms with Gasteiger partial charge in [-0.2, -0.15) is 0 Å². The number of rotatable bonds is 9. The lowest BCUT2D eigenvalue weighted by atomic mass is 9.93. The van der Waals surface area contributed by atoms with Gasteiger partial charge in [0, 0.05) is 32.0 Å². The van der Waals surface area contributed by atoms with Gasteiger partial charge in [0.15, 0.2) is 5.78 Å². The van der Waals surface area contributed by atoms with Gasteiger partial charge in [0.05, 0.1) is 6.61 Å². The Morgan fingerprint density at radius 1 is 1.17 bits per heavy atom. The van der Waals surface area contributed by atoms with E-state index in [4.69, 9.17) is 10.5 Å². The highest BCUT2D eigenvalue weighted by Crippen LogP contribution is 2.16. The van der Waals surface area contributed by atoms with E-state index in [1.54, 1.807) is 36.2 Å². The first kappa shape index (κ1) is 19.2. The molecule has 0 aromatic heterocycles. The molecule has 1 aromatic rings. The molecule has 23 heavy (non-hydrogen) atoms. The molecule has 0 atom stereocenters. The van der Waals surface area contributed by atoms with E-state index in [0.29, 0.717) is 25.3 Å². The Kier molecular flexibility index (Phi) is 7.23. The Morgan fingerprint density at radius 2 is 1.78 bits per heavy atom.